The van der Waals surface area contributed by atoms with E-state index in [2.05, 4.69) is 5.32 Å². The third kappa shape index (κ3) is 5.74. The van der Waals surface area contributed by atoms with Gasteiger partial charge in [-0.3, -0.25) is 0 Å². The highest BCUT2D eigenvalue weighted by Crippen LogP contribution is 2.17. The summed E-state index contributed by atoms with van der Waals surface area (Å²) in [4.78, 5) is 13.5. The molecular weight excluding hydrogens is 316 g/mol. The Labute approximate surface area is 137 Å². The Hall–Kier alpha value is -1.76. The topological polar surface area (TPSA) is 75.7 Å². The smallest absolute Gasteiger partial charge is 0.317 e. The van der Waals surface area contributed by atoms with Gasteiger partial charge in [0, 0.05) is 13.6 Å². The summed E-state index contributed by atoms with van der Waals surface area (Å²) in [6.07, 6.45) is 0.628. The zero-order valence-electron chi connectivity index (χ0n) is 13.6. The summed E-state index contributed by atoms with van der Waals surface area (Å²) >= 11 is 0. The molecule has 0 unspecified atom stereocenters. The molecule has 1 heterocycles. The van der Waals surface area contributed by atoms with Crippen molar-refractivity contribution in [2.75, 3.05) is 38.2 Å². The third-order valence-electron chi connectivity index (χ3n) is 3.93. The molecule has 0 aliphatic carbocycles. The molecule has 128 valence electrons. The Morgan fingerprint density at radius 3 is 2.65 bits per heavy atom. The molecule has 0 bridgehead atoms. The van der Waals surface area contributed by atoms with E-state index in [4.69, 9.17) is 4.74 Å². The molecule has 0 radical (unpaired) electrons. The van der Waals surface area contributed by atoms with Gasteiger partial charge in [-0.25, -0.2) is 13.2 Å². The molecule has 1 saturated heterocycles. The van der Waals surface area contributed by atoms with Crippen LogP contribution in [0.15, 0.2) is 24.3 Å². The van der Waals surface area contributed by atoms with E-state index in [1.807, 2.05) is 31.2 Å². The van der Waals surface area contributed by atoms with Crippen molar-refractivity contribution in [2.24, 2.45) is 5.92 Å². The maximum atomic E-state index is 12.0. The van der Waals surface area contributed by atoms with Crippen LogP contribution in [-0.4, -0.2) is 57.6 Å². The van der Waals surface area contributed by atoms with E-state index < -0.39 is 9.84 Å². The summed E-state index contributed by atoms with van der Waals surface area (Å²) in [5.74, 6) is 1.21. The van der Waals surface area contributed by atoms with Crippen molar-refractivity contribution in [3.8, 4) is 5.75 Å². The van der Waals surface area contributed by atoms with Gasteiger partial charge in [0.15, 0.2) is 9.84 Å². The van der Waals surface area contributed by atoms with Crippen molar-refractivity contribution in [3.05, 3.63) is 29.8 Å². The molecule has 7 heteroatoms. The number of benzene rings is 1. The van der Waals surface area contributed by atoms with Gasteiger partial charge in [0.1, 0.15) is 12.4 Å². The minimum absolute atomic E-state index is 0.0289. The number of carbonyl (C=O) groups excluding carboxylic acids is 1. The normalized spacial score (nSPS) is 19.3. The molecule has 2 amide bonds. The Balaban J connectivity index is 1.65. The molecule has 1 N–H and O–H groups in total. The van der Waals surface area contributed by atoms with E-state index in [9.17, 15) is 13.2 Å². The molecule has 6 nitrogen and oxygen atoms in total. The second-order valence-electron chi connectivity index (χ2n) is 6.04. The largest absolute Gasteiger partial charge is 0.492 e. The average Bonchev–Trinajstić information content (AvgIpc) is 2.86. The number of likely N-dealkylation sites (N-methyl/N-ethyl adjacent to an activating group) is 1. The highest BCUT2D eigenvalue weighted by molar-refractivity contribution is 7.91. The van der Waals surface area contributed by atoms with E-state index in [0.29, 0.717) is 26.1 Å². The van der Waals surface area contributed by atoms with Crippen molar-refractivity contribution in [1.29, 1.82) is 0 Å². The highest BCUT2D eigenvalue weighted by atomic mass is 32.2. The van der Waals surface area contributed by atoms with Crippen LogP contribution in [0.25, 0.3) is 0 Å². The van der Waals surface area contributed by atoms with Gasteiger partial charge >= 0.3 is 6.03 Å². The van der Waals surface area contributed by atoms with E-state index >= 15 is 0 Å². The van der Waals surface area contributed by atoms with Gasteiger partial charge in [-0.15, -0.1) is 0 Å². The van der Waals surface area contributed by atoms with Crippen LogP contribution in [-0.2, 0) is 9.84 Å². The molecule has 1 fully saturated rings. The lowest BCUT2D eigenvalue weighted by Gasteiger charge is -2.19. The van der Waals surface area contributed by atoms with Gasteiger partial charge in [-0.2, -0.15) is 0 Å². The maximum absolute atomic E-state index is 12.0. The van der Waals surface area contributed by atoms with Crippen LogP contribution in [0.4, 0.5) is 4.79 Å². The molecule has 0 spiro atoms. The number of sulfone groups is 1. The van der Waals surface area contributed by atoms with E-state index in [-0.39, 0.29) is 23.5 Å². The number of ether oxygens (including phenoxy) is 1. The Morgan fingerprint density at radius 1 is 1.35 bits per heavy atom. The summed E-state index contributed by atoms with van der Waals surface area (Å²) in [5, 5.41) is 2.79. The lowest BCUT2D eigenvalue weighted by Crippen LogP contribution is -2.41. The van der Waals surface area contributed by atoms with Crippen LogP contribution < -0.4 is 10.1 Å². The van der Waals surface area contributed by atoms with Crippen LogP contribution in [0.3, 0.4) is 0 Å². The summed E-state index contributed by atoms with van der Waals surface area (Å²) in [7, 11) is -1.20. The first kappa shape index (κ1) is 17.6. The molecule has 1 aromatic carbocycles. The standard InChI is InChI=1S/C16H24N2O4S/c1-13-3-5-15(6-4-13)22-9-8-18(2)16(19)17-11-14-7-10-23(20,21)12-14/h3-6,14H,7-12H2,1-2H3,(H,17,19)/t14-/m1/s1. The third-order valence-corrected chi connectivity index (χ3v) is 5.77. The lowest BCUT2D eigenvalue weighted by molar-refractivity contribution is 0.194. The van der Waals surface area contributed by atoms with Crippen molar-refractivity contribution in [1.82, 2.24) is 10.2 Å². The van der Waals surface area contributed by atoms with Crippen molar-refractivity contribution < 1.29 is 17.9 Å². The molecular formula is C16H24N2O4S. The summed E-state index contributed by atoms with van der Waals surface area (Å²) in [6.45, 7) is 3.28. The number of aryl methyl sites for hydroxylation is 1. The number of carbonyl (C=O) groups is 1. The van der Waals surface area contributed by atoms with Crippen molar-refractivity contribution in [2.45, 2.75) is 13.3 Å². The zero-order valence-corrected chi connectivity index (χ0v) is 14.4. The SMILES string of the molecule is Cc1ccc(OCCN(C)C(=O)NC[C@H]2CCS(=O)(=O)C2)cc1. The Bertz CT molecular complexity index is 628. The molecule has 1 aliphatic heterocycles. The molecule has 0 aromatic heterocycles. The first-order valence-electron chi connectivity index (χ1n) is 7.74. The fourth-order valence-corrected chi connectivity index (χ4v) is 4.30. The minimum Gasteiger partial charge on any atom is -0.492 e. The number of rotatable bonds is 6. The monoisotopic (exact) mass is 340 g/mol. The molecule has 23 heavy (non-hydrogen) atoms. The molecule has 2 rings (SSSR count). The summed E-state index contributed by atoms with van der Waals surface area (Å²) in [5.41, 5.74) is 1.17. The van der Waals surface area contributed by atoms with Crippen LogP contribution >= 0.6 is 0 Å². The molecule has 0 saturated carbocycles. The summed E-state index contributed by atoms with van der Waals surface area (Å²) < 4.78 is 28.3. The van der Waals surface area contributed by atoms with Crippen LogP contribution in [0.5, 0.6) is 5.75 Å². The number of nitrogens with zero attached hydrogens (tertiary/aromatic N) is 1. The van der Waals surface area contributed by atoms with E-state index in [1.165, 1.54) is 10.5 Å². The van der Waals surface area contributed by atoms with Crippen LogP contribution in [0.1, 0.15) is 12.0 Å². The van der Waals surface area contributed by atoms with Gasteiger partial charge in [-0.1, -0.05) is 17.7 Å². The number of hydrogen-bond donors (Lipinski definition) is 1. The summed E-state index contributed by atoms with van der Waals surface area (Å²) in [6, 6.07) is 7.54. The Kier molecular flexibility index (Phi) is 5.87. The second kappa shape index (κ2) is 7.68. The zero-order chi connectivity index (χ0) is 16.9. The predicted molar refractivity (Wildman–Crippen MR) is 89.5 cm³/mol. The molecule has 1 atom stereocenters. The first-order chi connectivity index (χ1) is 10.9. The van der Waals surface area contributed by atoms with Gasteiger partial charge in [0.05, 0.1) is 18.1 Å². The van der Waals surface area contributed by atoms with Crippen LogP contribution in [0.2, 0.25) is 0 Å². The molecule has 1 aliphatic rings. The first-order valence-corrected chi connectivity index (χ1v) is 9.57. The molecule has 1 aromatic rings. The number of amides is 2. The fraction of sp³-hybridized carbons (Fsp3) is 0.562. The lowest BCUT2D eigenvalue weighted by atomic mass is 10.1. The van der Waals surface area contributed by atoms with Gasteiger partial charge in [0.2, 0.25) is 0 Å². The van der Waals surface area contributed by atoms with Gasteiger partial charge in [-0.05, 0) is 31.4 Å². The average molecular weight is 340 g/mol. The number of hydrogen-bond acceptors (Lipinski definition) is 4. The van der Waals surface area contributed by atoms with Gasteiger partial charge < -0.3 is 15.0 Å². The van der Waals surface area contributed by atoms with E-state index in [1.54, 1.807) is 7.05 Å². The second-order valence-corrected chi connectivity index (χ2v) is 8.27. The fourth-order valence-electron chi connectivity index (χ4n) is 2.44. The van der Waals surface area contributed by atoms with Crippen molar-refractivity contribution in [3.63, 3.8) is 0 Å². The highest BCUT2D eigenvalue weighted by Gasteiger charge is 2.28. The van der Waals surface area contributed by atoms with Gasteiger partial charge in [0.25, 0.3) is 0 Å². The van der Waals surface area contributed by atoms with Crippen LogP contribution in [0, 0.1) is 12.8 Å². The predicted octanol–water partition coefficient (Wildman–Crippen LogP) is 1.45. The maximum Gasteiger partial charge on any atom is 0.317 e. The quantitative estimate of drug-likeness (QED) is 0.850. The minimum atomic E-state index is -2.90. The van der Waals surface area contributed by atoms with E-state index in [0.717, 1.165) is 5.75 Å². The number of nitrogens with one attached hydrogen (secondary N) is 1. The Morgan fingerprint density at radius 2 is 2.04 bits per heavy atom. The van der Waals surface area contributed by atoms with Crippen molar-refractivity contribution >= 4 is 15.9 Å². The number of urea groups is 1.